The first-order valence-electron chi connectivity index (χ1n) is 3.90. The summed E-state index contributed by atoms with van der Waals surface area (Å²) in [5, 5.41) is 0. The Morgan fingerprint density at radius 2 is 2.07 bits per heavy atom. The lowest BCUT2D eigenvalue weighted by Gasteiger charge is -1.97. The molecule has 0 heterocycles. The van der Waals surface area contributed by atoms with Gasteiger partial charge in [-0.25, -0.2) is 8.78 Å². The van der Waals surface area contributed by atoms with Crippen LogP contribution in [0.15, 0.2) is 30.5 Å². The van der Waals surface area contributed by atoms with Crippen LogP contribution in [0.4, 0.5) is 8.78 Å². The van der Waals surface area contributed by atoms with E-state index in [9.17, 15) is 18.4 Å². The fourth-order valence-electron chi connectivity index (χ4n) is 0.912. The van der Waals surface area contributed by atoms with Crippen molar-refractivity contribution in [3.8, 4) is 0 Å². The van der Waals surface area contributed by atoms with Crippen molar-refractivity contribution in [2.75, 3.05) is 0 Å². The van der Waals surface area contributed by atoms with E-state index < -0.39 is 17.4 Å². The van der Waals surface area contributed by atoms with Gasteiger partial charge < -0.3 is 4.74 Å². The predicted octanol–water partition coefficient (Wildman–Crippen LogP) is 1.83. The Hall–Kier alpha value is -2.04. The second-order valence-electron chi connectivity index (χ2n) is 2.52. The molecule has 1 aromatic carbocycles. The average Bonchev–Trinajstić information content (AvgIpc) is 2.17. The topological polar surface area (TPSA) is 43.4 Å². The molecule has 0 saturated carbocycles. The van der Waals surface area contributed by atoms with Crippen LogP contribution in [-0.2, 0) is 9.53 Å². The second kappa shape index (κ2) is 4.99. The van der Waals surface area contributed by atoms with Crippen LogP contribution in [0.1, 0.15) is 10.4 Å². The first-order valence-corrected chi connectivity index (χ1v) is 3.90. The predicted molar refractivity (Wildman–Crippen MR) is 47.0 cm³/mol. The van der Waals surface area contributed by atoms with E-state index in [-0.39, 0.29) is 12.0 Å². The molecule has 1 aromatic rings. The molecule has 0 saturated heterocycles. The van der Waals surface area contributed by atoms with E-state index in [2.05, 4.69) is 4.74 Å². The van der Waals surface area contributed by atoms with E-state index in [1.54, 1.807) is 0 Å². The number of hydrogen-bond acceptors (Lipinski definition) is 3. The van der Waals surface area contributed by atoms with Crippen molar-refractivity contribution in [1.29, 1.82) is 0 Å². The Balaban J connectivity index is 2.87. The minimum Gasteiger partial charge on any atom is -0.437 e. The minimum atomic E-state index is -0.962. The summed E-state index contributed by atoms with van der Waals surface area (Å²) in [7, 11) is 0. The molecule has 1 rings (SSSR count). The Morgan fingerprint density at radius 3 is 2.67 bits per heavy atom. The van der Waals surface area contributed by atoms with Gasteiger partial charge >= 0.3 is 0 Å². The third-order valence-corrected chi connectivity index (χ3v) is 1.55. The molecule has 3 nitrogen and oxygen atoms in total. The summed E-state index contributed by atoms with van der Waals surface area (Å²) in [5.41, 5.74) is -0.290. The largest absolute Gasteiger partial charge is 0.437 e. The van der Waals surface area contributed by atoms with Crippen molar-refractivity contribution >= 4 is 12.3 Å². The zero-order valence-corrected chi connectivity index (χ0v) is 7.44. The summed E-state index contributed by atoms with van der Waals surface area (Å²) in [5.74, 6) is -2.44. The number of halogens is 2. The number of ether oxygens (including phenoxy) is 1. The van der Waals surface area contributed by atoms with Gasteiger partial charge in [-0.05, 0) is 12.1 Å². The van der Waals surface area contributed by atoms with Crippen LogP contribution >= 0.6 is 0 Å². The molecule has 0 amide bonds. The van der Waals surface area contributed by atoms with Crippen LogP contribution in [0.2, 0.25) is 0 Å². The van der Waals surface area contributed by atoms with E-state index in [1.807, 2.05) is 0 Å². The maximum Gasteiger partial charge on any atom is 0.297 e. The highest BCUT2D eigenvalue weighted by molar-refractivity contribution is 6.04. The van der Waals surface area contributed by atoms with Gasteiger partial charge in [-0.15, -0.1) is 0 Å². The van der Waals surface area contributed by atoms with E-state index in [0.717, 1.165) is 24.5 Å². The van der Waals surface area contributed by atoms with E-state index in [1.165, 1.54) is 0 Å². The first kappa shape index (κ1) is 11.0. The quantitative estimate of drug-likeness (QED) is 0.331. The fraction of sp³-hybridized carbons (Fsp3) is 0. The number of rotatable bonds is 4. The molecule has 0 aliphatic heterocycles. The lowest BCUT2D eigenvalue weighted by molar-refractivity contribution is -0.123. The van der Waals surface area contributed by atoms with Crippen molar-refractivity contribution in [2.24, 2.45) is 0 Å². The van der Waals surface area contributed by atoms with Crippen LogP contribution in [0.25, 0.3) is 0 Å². The maximum atomic E-state index is 13.0. The number of carbonyl (C=O) groups excluding carboxylic acids is 2. The lowest BCUT2D eigenvalue weighted by atomic mass is 10.1. The molecule has 0 aromatic heterocycles. The maximum absolute atomic E-state index is 13.0. The third-order valence-electron chi connectivity index (χ3n) is 1.55. The number of carbonyl (C=O) groups is 2. The van der Waals surface area contributed by atoms with Gasteiger partial charge in [-0.2, -0.15) is 0 Å². The van der Waals surface area contributed by atoms with Crippen LogP contribution < -0.4 is 0 Å². The van der Waals surface area contributed by atoms with Crippen molar-refractivity contribution in [3.63, 3.8) is 0 Å². The number of ketones is 1. The molecular weight excluding hydrogens is 206 g/mol. The monoisotopic (exact) mass is 212 g/mol. The van der Waals surface area contributed by atoms with Gasteiger partial charge in [0, 0.05) is 12.1 Å². The molecule has 0 spiro atoms. The molecule has 0 aliphatic rings. The normalized spacial score (nSPS) is 10.3. The van der Waals surface area contributed by atoms with Crippen molar-refractivity contribution in [3.05, 3.63) is 47.7 Å². The van der Waals surface area contributed by atoms with Gasteiger partial charge in [-0.3, -0.25) is 9.59 Å². The molecule has 0 fully saturated rings. The van der Waals surface area contributed by atoms with Gasteiger partial charge in [0.05, 0.1) is 11.8 Å². The summed E-state index contributed by atoms with van der Waals surface area (Å²) < 4.78 is 29.6. The first-order chi connectivity index (χ1) is 7.15. The zero-order valence-electron chi connectivity index (χ0n) is 7.44. The smallest absolute Gasteiger partial charge is 0.297 e. The summed E-state index contributed by atoms with van der Waals surface area (Å²) in [4.78, 5) is 20.9. The summed E-state index contributed by atoms with van der Waals surface area (Å²) in [6.07, 6.45) is 1.68. The number of allylic oxidation sites excluding steroid dienone is 1. The molecule has 0 aliphatic carbocycles. The van der Waals surface area contributed by atoms with E-state index in [4.69, 9.17) is 0 Å². The molecular formula is C10H6F2O3. The number of benzene rings is 1. The van der Waals surface area contributed by atoms with E-state index in [0.29, 0.717) is 6.07 Å². The Bertz CT molecular complexity index is 413. The molecule has 0 N–H and O–H groups in total. The van der Waals surface area contributed by atoms with Gasteiger partial charge in [0.25, 0.3) is 6.47 Å². The SMILES string of the molecule is O=CO/C=C/C(=O)c1ccc(F)cc1F. The molecule has 0 bridgehead atoms. The minimum absolute atomic E-state index is 0.116. The molecule has 5 heteroatoms. The highest BCUT2D eigenvalue weighted by Crippen LogP contribution is 2.10. The zero-order chi connectivity index (χ0) is 11.3. The van der Waals surface area contributed by atoms with E-state index >= 15 is 0 Å². The van der Waals surface area contributed by atoms with Crippen LogP contribution in [0, 0.1) is 11.6 Å². The van der Waals surface area contributed by atoms with Crippen LogP contribution in [0.5, 0.6) is 0 Å². The number of hydrogen-bond donors (Lipinski definition) is 0. The molecule has 78 valence electrons. The highest BCUT2D eigenvalue weighted by atomic mass is 19.1. The Kier molecular flexibility index (Phi) is 3.68. The lowest BCUT2D eigenvalue weighted by Crippen LogP contribution is -1.99. The molecule has 0 unspecified atom stereocenters. The summed E-state index contributed by atoms with van der Waals surface area (Å²) in [6, 6.07) is 2.57. The molecule has 0 atom stereocenters. The third kappa shape index (κ3) is 2.98. The van der Waals surface area contributed by atoms with Crippen molar-refractivity contribution < 1.29 is 23.1 Å². The van der Waals surface area contributed by atoms with Gasteiger partial charge in [0.1, 0.15) is 11.6 Å². The average molecular weight is 212 g/mol. The van der Waals surface area contributed by atoms with Crippen molar-refractivity contribution in [2.45, 2.75) is 0 Å². The van der Waals surface area contributed by atoms with Crippen LogP contribution in [-0.4, -0.2) is 12.3 Å². The van der Waals surface area contributed by atoms with Gasteiger partial charge in [0.15, 0.2) is 5.78 Å². The Morgan fingerprint density at radius 1 is 1.33 bits per heavy atom. The fourth-order valence-corrected chi connectivity index (χ4v) is 0.912. The van der Waals surface area contributed by atoms with Gasteiger partial charge in [0.2, 0.25) is 0 Å². The Labute approximate surface area is 84.0 Å². The molecule has 15 heavy (non-hydrogen) atoms. The highest BCUT2D eigenvalue weighted by Gasteiger charge is 2.09. The standard InChI is InChI=1S/C10H6F2O3/c11-7-1-2-8(9(12)5-7)10(14)3-4-15-6-13/h1-6H/b4-3+. The van der Waals surface area contributed by atoms with Crippen molar-refractivity contribution in [1.82, 2.24) is 0 Å². The second-order valence-corrected chi connectivity index (χ2v) is 2.52. The van der Waals surface area contributed by atoms with Gasteiger partial charge in [-0.1, -0.05) is 0 Å². The molecule has 0 radical (unpaired) electrons. The summed E-state index contributed by atoms with van der Waals surface area (Å²) in [6.45, 7) is 0.116. The van der Waals surface area contributed by atoms with Crippen LogP contribution in [0.3, 0.4) is 0 Å². The summed E-state index contributed by atoms with van der Waals surface area (Å²) >= 11 is 0.